The van der Waals surface area contributed by atoms with Crippen molar-refractivity contribution in [1.29, 1.82) is 5.26 Å². The number of nitrogens with zero attached hydrogens (tertiary/aromatic N) is 1. The fourth-order valence-corrected chi connectivity index (χ4v) is 3.34. The summed E-state index contributed by atoms with van der Waals surface area (Å²) in [6, 6.07) is 14.2. The normalized spacial score (nSPS) is 12.4. The van der Waals surface area contributed by atoms with Crippen molar-refractivity contribution in [2.24, 2.45) is 5.41 Å². The van der Waals surface area contributed by atoms with Crippen molar-refractivity contribution in [3.05, 3.63) is 52.9 Å². The molecule has 0 radical (unpaired) electrons. The zero-order valence-corrected chi connectivity index (χ0v) is 15.1. The van der Waals surface area contributed by atoms with Crippen LogP contribution in [0.15, 0.2) is 41.8 Å². The summed E-state index contributed by atoms with van der Waals surface area (Å²) in [6.45, 7) is 7.13. The van der Waals surface area contributed by atoms with Crippen LogP contribution < -0.4 is 10.6 Å². The van der Waals surface area contributed by atoms with E-state index in [9.17, 15) is 4.79 Å². The summed E-state index contributed by atoms with van der Waals surface area (Å²) >= 11 is 1.37. The maximum Gasteiger partial charge on any atom is 0.226 e. The molecule has 4 nitrogen and oxygen atoms in total. The van der Waals surface area contributed by atoms with E-state index in [0.717, 1.165) is 0 Å². The molecule has 0 spiro atoms. The second-order valence-corrected chi connectivity index (χ2v) is 7.65. The first kappa shape index (κ1) is 18.2. The molecule has 2 N–H and O–H groups in total. The molecule has 126 valence electrons. The molecule has 2 rings (SSSR count). The quantitative estimate of drug-likeness (QED) is 0.822. The Bertz CT molecular complexity index is 710. The summed E-state index contributed by atoms with van der Waals surface area (Å²) in [5.41, 5.74) is 1.77. The van der Waals surface area contributed by atoms with Crippen molar-refractivity contribution in [1.82, 2.24) is 5.32 Å². The van der Waals surface area contributed by atoms with E-state index >= 15 is 0 Å². The number of benzene rings is 1. The van der Waals surface area contributed by atoms with Gasteiger partial charge in [-0.05, 0) is 22.4 Å². The fraction of sp³-hybridized carbons (Fsp3) is 0.368. The number of nitrogens with one attached hydrogen (secondary N) is 2. The number of thiophene rings is 1. The third-order valence-electron chi connectivity index (χ3n) is 3.74. The molecule has 0 aliphatic heterocycles. The van der Waals surface area contributed by atoms with Gasteiger partial charge < -0.3 is 10.6 Å². The Balaban J connectivity index is 1.91. The van der Waals surface area contributed by atoms with Crippen LogP contribution in [0.2, 0.25) is 0 Å². The Hall–Kier alpha value is -2.16. The van der Waals surface area contributed by atoms with Gasteiger partial charge in [0.05, 0.1) is 5.56 Å². The van der Waals surface area contributed by atoms with Gasteiger partial charge in [0, 0.05) is 19.0 Å². The fourth-order valence-electron chi connectivity index (χ4n) is 2.58. The average molecular weight is 341 g/mol. The van der Waals surface area contributed by atoms with E-state index in [1.165, 1.54) is 16.9 Å². The second kappa shape index (κ2) is 8.09. The van der Waals surface area contributed by atoms with Crippen LogP contribution in [-0.4, -0.2) is 12.5 Å². The van der Waals surface area contributed by atoms with Crippen molar-refractivity contribution in [2.75, 3.05) is 11.9 Å². The van der Waals surface area contributed by atoms with E-state index in [4.69, 9.17) is 5.26 Å². The number of hydrogen-bond donors (Lipinski definition) is 2. The molecule has 0 aliphatic rings. The molecular weight excluding hydrogens is 318 g/mol. The monoisotopic (exact) mass is 341 g/mol. The van der Waals surface area contributed by atoms with Gasteiger partial charge in [-0.2, -0.15) is 5.26 Å². The number of hydrogen-bond acceptors (Lipinski definition) is 4. The maximum atomic E-state index is 12.1. The zero-order chi connectivity index (χ0) is 17.6. The number of amides is 1. The van der Waals surface area contributed by atoms with E-state index in [1.54, 1.807) is 11.4 Å². The first-order chi connectivity index (χ1) is 11.4. The molecule has 1 unspecified atom stereocenters. The molecule has 24 heavy (non-hydrogen) atoms. The molecule has 1 heterocycles. The van der Waals surface area contributed by atoms with E-state index < -0.39 is 0 Å². The van der Waals surface area contributed by atoms with Gasteiger partial charge >= 0.3 is 0 Å². The molecule has 0 aliphatic carbocycles. The van der Waals surface area contributed by atoms with Gasteiger partial charge in [0.1, 0.15) is 11.1 Å². The van der Waals surface area contributed by atoms with Crippen LogP contribution in [0.4, 0.5) is 5.00 Å². The Kier molecular flexibility index (Phi) is 6.13. The highest BCUT2D eigenvalue weighted by Crippen LogP contribution is 2.32. The summed E-state index contributed by atoms with van der Waals surface area (Å²) in [5, 5.41) is 17.7. The molecule has 1 atom stereocenters. The molecule has 0 saturated carbocycles. The van der Waals surface area contributed by atoms with Gasteiger partial charge in [-0.1, -0.05) is 51.1 Å². The minimum atomic E-state index is -0.0813. The lowest BCUT2D eigenvalue weighted by molar-refractivity contribution is -0.116. The predicted molar refractivity (Wildman–Crippen MR) is 98.9 cm³/mol. The lowest BCUT2D eigenvalue weighted by Crippen LogP contribution is -2.34. The molecule has 5 heteroatoms. The number of carbonyl (C=O) groups excluding carboxylic acids is 1. The molecule has 1 amide bonds. The SMILES string of the molecule is CC(C)(C)C(NCCC(=O)Nc1sccc1C#N)c1ccccc1. The molecule has 1 aromatic carbocycles. The van der Waals surface area contributed by atoms with Gasteiger partial charge in [0.15, 0.2) is 0 Å². The second-order valence-electron chi connectivity index (χ2n) is 6.74. The van der Waals surface area contributed by atoms with E-state index in [1.807, 2.05) is 18.2 Å². The highest BCUT2D eigenvalue weighted by Gasteiger charge is 2.25. The Morgan fingerprint density at radius 2 is 1.96 bits per heavy atom. The summed E-state index contributed by atoms with van der Waals surface area (Å²) < 4.78 is 0. The lowest BCUT2D eigenvalue weighted by Gasteiger charge is -2.32. The highest BCUT2D eigenvalue weighted by atomic mass is 32.1. The first-order valence-corrected chi connectivity index (χ1v) is 8.85. The molecule has 0 bridgehead atoms. The van der Waals surface area contributed by atoms with Crippen LogP contribution in [-0.2, 0) is 4.79 Å². The molecule has 1 aromatic heterocycles. The molecule has 0 saturated heterocycles. The third kappa shape index (κ3) is 4.92. The largest absolute Gasteiger partial charge is 0.317 e. The van der Waals surface area contributed by atoms with Crippen LogP contribution in [0.3, 0.4) is 0 Å². The first-order valence-electron chi connectivity index (χ1n) is 7.97. The third-order valence-corrected chi connectivity index (χ3v) is 4.57. The molecule has 0 fully saturated rings. The molecule has 2 aromatic rings. The van der Waals surface area contributed by atoms with Gasteiger partial charge in [0.25, 0.3) is 0 Å². The van der Waals surface area contributed by atoms with Gasteiger partial charge in [-0.15, -0.1) is 11.3 Å². The van der Waals surface area contributed by atoms with Crippen molar-refractivity contribution >= 4 is 22.2 Å². The zero-order valence-electron chi connectivity index (χ0n) is 14.3. The maximum absolute atomic E-state index is 12.1. The van der Waals surface area contributed by atoms with Gasteiger partial charge in [-0.25, -0.2) is 0 Å². The minimum Gasteiger partial charge on any atom is -0.317 e. The number of nitriles is 1. The summed E-state index contributed by atoms with van der Waals surface area (Å²) in [4.78, 5) is 12.1. The van der Waals surface area contributed by atoms with Crippen LogP contribution in [0.5, 0.6) is 0 Å². The highest BCUT2D eigenvalue weighted by molar-refractivity contribution is 7.14. The standard InChI is InChI=1S/C19H23N3OS/c1-19(2,3)17(14-7-5-4-6-8-14)21-11-9-16(23)22-18-15(13-20)10-12-24-18/h4-8,10,12,17,21H,9,11H2,1-3H3,(H,22,23). The average Bonchev–Trinajstić information content (AvgIpc) is 2.98. The van der Waals surface area contributed by atoms with E-state index in [2.05, 4.69) is 49.6 Å². The van der Waals surface area contributed by atoms with Crippen LogP contribution in [0.25, 0.3) is 0 Å². The van der Waals surface area contributed by atoms with E-state index in [0.29, 0.717) is 23.5 Å². The van der Waals surface area contributed by atoms with Crippen LogP contribution in [0.1, 0.15) is 44.4 Å². The number of rotatable bonds is 6. The van der Waals surface area contributed by atoms with E-state index in [-0.39, 0.29) is 17.4 Å². The Morgan fingerprint density at radius 3 is 2.58 bits per heavy atom. The van der Waals surface area contributed by atoms with Crippen LogP contribution in [0, 0.1) is 16.7 Å². The Labute approximate surface area is 147 Å². The van der Waals surface area contributed by atoms with Crippen molar-refractivity contribution in [3.8, 4) is 6.07 Å². The Morgan fingerprint density at radius 1 is 1.25 bits per heavy atom. The predicted octanol–water partition coefficient (Wildman–Crippen LogP) is 4.33. The van der Waals surface area contributed by atoms with Crippen molar-refractivity contribution in [3.63, 3.8) is 0 Å². The van der Waals surface area contributed by atoms with Crippen LogP contribution >= 0.6 is 11.3 Å². The lowest BCUT2D eigenvalue weighted by atomic mass is 9.82. The number of carbonyl (C=O) groups is 1. The topological polar surface area (TPSA) is 64.9 Å². The number of anilines is 1. The summed E-state index contributed by atoms with van der Waals surface area (Å²) in [6.07, 6.45) is 0.363. The minimum absolute atomic E-state index is 0.0412. The summed E-state index contributed by atoms with van der Waals surface area (Å²) in [5.74, 6) is -0.0813. The van der Waals surface area contributed by atoms with Crippen molar-refractivity contribution < 1.29 is 4.79 Å². The molecular formula is C19H23N3OS. The van der Waals surface area contributed by atoms with Gasteiger partial charge in [-0.3, -0.25) is 4.79 Å². The van der Waals surface area contributed by atoms with Gasteiger partial charge in [0.2, 0.25) is 5.91 Å². The smallest absolute Gasteiger partial charge is 0.226 e. The summed E-state index contributed by atoms with van der Waals surface area (Å²) in [7, 11) is 0. The van der Waals surface area contributed by atoms with Crippen molar-refractivity contribution in [2.45, 2.75) is 33.2 Å².